The Bertz CT molecular complexity index is 1310. The third-order valence-corrected chi connectivity index (χ3v) is 7.05. The number of amides is 2. The van der Waals surface area contributed by atoms with Crippen LogP contribution >= 0.6 is 0 Å². The second-order valence-electron chi connectivity index (χ2n) is 8.62. The van der Waals surface area contributed by atoms with E-state index in [1.165, 1.54) is 11.8 Å². The van der Waals surface area contributed by atoms with Crippen LogP contribution < -0.4 is 9.80 Å². The van der Waals surface area contributed by atoms with Crippen LogP contribution in [0.1, 0.15) is 24.1 Å². The molecule has 3 aromatic rings. The molecule has 1 unspecified atom stereocenters. The van der Waals surface area contributed by atoms with Crippen LogP contribution in [-0.2, 0) is 14.4 Å². The lowest BCUT2D eigenvalue weighted by Gasteiger charge is -2.30. The molecule has 5 heteroatoms. The minimum absolute atomic E-state index is 0.0574. The van der Waals surface area contributed by atoms with Crippen molar-refractivity contribution >= 4 is 40.1 Å². The van der Waals surface area contributed by atoms with Crippen molar-refractivity contribution in [1.29, 1.82) is 0 Å². The zero-order valence-corrected chi connectivity index (χ0v) is 17.0. The van der Waals surface area contributed by atoms with E-state index in [0.29, 0.717) is 5.69 Å². The Kier molecular flexibility index (Phi) is 3.80. The molecule has 152 valence electrons. The minimum Gasteiger partial charge on any atom is -0.293 e. The largest absolute Gasteiger partial charge is 0.293 e. The first kappa shape index (κ1) is 18.2. The van der Waals surface area contributed by atoms with Crippen LogP contribution in [0.2, 0.25) is 0 Å². The number of imide groups is 1. The molecule has 3 aliphatic rings. The van der Waals surface area contributed by atoms with Crippen LogP contribution in [-0.4, -0.2) is 23.6 Å². The van der Waals surface area contributed by atoms with E-state index >= 15 is 0 Å². The van der Waals surface area contributed by atoms with Gasteiger partial charge < -0.3 is 0 Å². The fourth-order valence-corrected chi connectivity index (χ4v) is 5.79. The van der Waals surface area contributed by atoms with Crippen molar-refractivity contribution in [3.63, 3.8) is 0 Å². The Hall–Kier alpha value is -3.57. The van der Waals surface area contributed by atoms with Gasteiger partial charge in [-0.25, -0.2) is 4.90 Å². The monoisotopic (exact) mass is 409 g/mol. The summed E-state index contributed by atoms with van der Waals surface area (Å²) < 4.78 is 0. The smallest absolute Gasteiger partial charge is 0.244 e. The van der Waals surface area contributed by atoms with Crippen LogP contribution in [0.3, 0.4) is 0 Å². The van der Waals surface area contributed by atoms with E-state index in [1.807, 2.05) is 79.0 Å². The molecule has 0 saturated carbocycles. The number of quaternary nitrogens is 1. The van der Waals surface area contributed by atoms with E-state index in [1.54, 1.807) is 0 Å². The fourth-order valence-electron chi connectivity index (χ4n) is 5.79. The second-order valence-corrected chi connectivity index (χ2v) is 8.62. The summed E-state index contributed by atoms with van der Waals surface area (Å²) in [5, 5.41) is 2.02. The molecule has 3 heterocycles. The molecule has 2 saturated heterocycles. The molecular weight excluding hydrogens is 388 g/mol. The average Bonchev–Trinajstić information content (AvgIpc) is 3.26. The van der Waals surface area contributed by atoms with Crippen molar-refractivity contribution in [2.24, 2.45) is 11.8 Å². The molecule has 31 heavy (non-hydrogen) atoms. The number of anilines is 1. The highest BCUT2D eigenvalue weighted by atomic mass is 16.2. The Morgan fingerprint density at radius 2 is 1.58 bits per heavy atom. The predicted molar refractivity (Wildman–Crippen MR) is 117 cm³/mol. The Morgan fingerprint density at radius 1 is 0.871 bits per heavy atom. The van der Waals surface area contributed by atoms with E-state index in [4.69, 9.17) is 0 Å². The van der Waals surface area contributed by atoms with Gasteiger partial charge in [-0.05, 0) is 34.5 Å². The molecule has 1 N–H and O–H groups in total. The third-order valence-electron chi connectivity index (χ3n) is 7.05. The SMILES string of the molecule is CC(=O)[C@H]1[C@@H]2C(=O)N(c3ccc4ccccc4c3)C(=O)[C@@H]2[C@H]2c3ccccc3C=C[NH+]21. The first-order valence-electron chi connectivity index (χ1n) is 10.6. The maximum Gasteiger partial charge on any atom is 0.244 e. The standard InChI is InChI=1S/C26H20N2O3/c1-15(29)23-21-22(24-20-9-5-4-7-17(20)12-13-27(23)24)26(31)28(25(21)30)19-11-10-16-6-2-3-8-18(16)14-19/h2-14,21-24H,1H3/p+1/t21-,22+,23+,24-/m1/s1. The van der Waals surface area contributed by atoms with Crippen LogP contribution in [0.5, 0.6) is 0 Å². The summed E-state index contributed by atoms with van der Waals surface area (Å²) in [5.74, 6) is -1.72. The van der Waals surface area contributed by atoms with Gasteiger partial charge >= 0.3 is 0 Å². The van der Waals surface area contributed by atoms with Gasteiger partial charge in [-0.2, -0.15) is 0 Å². The van der Waals surface area contributed by atoms with Crippen molar-refractivity contribution in [2.75, 3.05) is 4.90 Å². The zero-order valence-electron chi connectivity index (χ0n) is 17.0. The molecular formula is C26H21N2O3+. The lowest BCUT2D eigenvalue weighted by molar-refractivity contribution is -0.884. The summed E-state index contributed by atoms with van der Waals surface area (Å²) in [4.78, 5) is 42.3. The number of nitrogens with zero attached hydrogens (tertiary/aromatic N) is 1. The highest BCUT2D eigenvalue weighted by Crippen LogP contribution is 2.45. The number of carbonyl (C=O) groups excluding carboxylic acids is 3. The molecule has 3 aromatic carbocycles. The minimum atomic E-state index is -0.646. The van der Waals surface area contributed by atoms with E-state index in [0.717, 1.165) is 26.8 Å². The summed E-state index contributed by atoms with van der Waals surface area (Å²) >= 11 is 0. The Balaban J connectivity index is 1.49. The van der Waals surface area contributed by atoms with Gasteiger partial charge in [-0.3, -0.25) is 19.3 Å². The number of hydrogen-bond acceptors (Lipinski definition) is 3. The number of rotatable bonds is 2. The van der Waals surface area contributed by atoms with E-state index in [2.05, 4.69) is 0 Å². The highest BCUT2D eigenvalue weighted by molar-refractivity contribution is 6.24. The van der Waals surface area contributed by atoms with Gasteiger partial charge in [0.25, 0.3) is 0 Å². The second kappa shape index (κ2) is 6.46. The Morgan fingerprint density at radius 3 is 2.39 bits per heavy atom. The number of carbonyl (C=O) groups is 3. The first-order valence-corrected chi connectivity index (χ1v) is 10.6. The molecule has 0 aliphatic carbocycles. The van der Waals surface area contributed by atoms with Gasteiger partial charge in [-0.1, -0.05) is 54.6 Å². The number of hydrogen-bond donors (Lipinski definition) is 1. The van der Waals surface area contributed by atoms with Crippen LogP contribution in [0.25, 0.3) is 16.8 Å². The maximum absolute atomic E-state index is 13.7. The normalized spacial score (nSPS) is 28.5. The summed E-state index contributed by atoms with van der Waals surface area (Å²) in [6.07, 6.45) is 3.95. The van der Waals surface area contributed by atoms with Crippen molar-refractivity contribution in [3.05, 3.63) is 84.1 Å². The number of ketones is 1. The highest BCUT2D eigenvalue weighted by Gasteiger charge is 2.67. The van der Waals surface area contributed by atoms with Gasteiger partial charge in [0.2, 0.25) is 11.8 Å². The Labute approximate surface area is 179 Å². The van der Waals surface area contributed by atoms with Crippen molar-refractivity contribution in [3.8, 4) is 0 Å². The number of fused-ring (bicyclic) bond motifs is 6. The summed E-state index contributed by atoms with van der Waals surface area (Å²) in [6, 6.07) is 20.7. The molecule has 5 atom stereocenters. The number of Topliss-reactive ketones (excluding diaryl/α,β-unsaturated/α-hetero) is 1. The molecule has 0 aromatic heterocycles. The van der Waals surface area contributed by atoms with Gasteiger partial charge in [0.05, 0.1) is 11.9 Å². The van der Waals surface area contributed by atoms with Gasteiger partial charge in [0.1, 0.15) is 17.9 Å². The maximum atomic E-state index is 13.7. The molecule has 6 rings (SSSR count). The molecule has 3 aliphatic heterocycles. The predicted octanol–water partition coefficient (Wildman–Crippen LogP) is 2.53. The molecule has 5 nitrogen and oxygen atoms in total. The van der Waals surface area contributed by atoms with E-state index < -0.39 is 17.9 Å². The lowest BCUT2D eigenvalue weighted by Crippen LogP contribution is -3.12. The molecule has 2 fully saturated rings. The van der Waals surface area contributed by atoms with Crippen LogP contribution in [0.15, 0.2) is 72.9 Å². The van der Waals surface area contributed by atoms with Crippen LogP contribution in [0, 0.1) is 11.8 Å². The summed E-state index contributed by atoms with van der Waals surface area (Å²) in [5.41, 5.74) is 2.65. The first-order chi connectivity index (χ1) is 15.1. The zero-order chi connectivity index (χ0) is 21.3. The van der Waals surface area contributed by atoms with Gasteiger partial charge in [0.15, 0.2) is 11.8 Å². The summed E-state index contributed by atoms with van der Waals surface area (Å²) in [6.45, 7) is 1.53. The topological polar surface area (TPSA) is 58.9 Å². The molecule has 2 amide bonds. The van der Waals surface area contributed by atoms with Gasteiger partial charge in [-0.15, -0.1) is 0 Å². The fraction of sp³-hybridized carbons (Fsp3) is 0.192. The van der Waals surface area contributed by atoms with Crippen molar-refractivity contribution < 1.29 is 19.3 Å². The average molecular weight is 409 g/mol. The third kappa shape index (κ3) is 2.44. The molecule has 0 radical (unpaired) electrons. The van der Waals surface area contributed by atoms with E-state index in [9.17, 15) is 14.4 Å². The lowest BCUT2D eigenvalue weighted by atomic mass is 9.84. The van der Waals surface area contributed by atoms with Gasteiger partial charge in [0, 0.05) is 12.5 Å². The van der Waals surface area contributed by atoms with E-state index in [-0.39, 0.29) is 23.6 Å². The number of benzene rings is 3. The molecule has 0 bridgehead atoms. The quantitative estimate of drug-likeness (QED) is 0.662. The van der Waals surface area contributed by atoms with Crippen LogP contribution in [0.4, 0.5) is 5.69 Å². The van der Waals surface area contributed by atoms with Crippen molar-refractivity contribution in [1.82, 2.24) is 0 Å². The number of nitrogens with one attached hydrogen (secondary N) is 1. The summed E-state index contributed by atoms with van der Waals surface area (Å²) in [7, 11) is 0. The van der Waals surface area contributed by atoms with Crippen molar-refractivity contribution in [2.45, 2.75) is 19.0 Å². The molecule has 0 spiro atoms.